The van der Waals surface area contributed by atoms with E-state index in [1.807, 2.05) is 0 Å². The maximum Gasteiger partial charge on any atom is 0.315 e. The van der Waals surface area contributed by atoms with Crippen molar-refractivity contribution >= 4 is 11.9 Å². The van der Waals surface area contributed by atoms with Gasteiger partial charge in [-0.15, -0.1) is 0 Å². The summed E-state index contributed by atoms with van der Waals surface area (Å²) < 4.78 is 4.40. The number of rotatable bonds is 4. The summed E-state index contributed by atoms with van der Waals surface area (Å²) in [7, 11) is 1.28. The molecule has 1 fully saturated rings. The molecule has 0 saturated carbocycles. The van der Waals surface area contributed by atoms with Crippen molar-refractivity contribution < 1.29 is 14.3 Å². The zero-order chi connectivity index (χ0) is 11.3. The monoisotopic (exact) mass is 214 g/mol. The number of amides is 1. The summed E-state index contributed by atoms with van der Waals surface area (Å²) in [4.78, 5) is 22.0. The Morgan fingerprint density at radius 1 is 1.47 bits per heavy atom. The third kappa shape index (κ3) is 3.87. The highest BCUT2D eigenvalue weighted by atomic mass is 16.5. The van der Waals surface area contributed by atoms with Crippen molar-refractivity contribution in [3.05, 3.63) is 0 Å². The zero-order valence-corrected chi connectivity index (χ0v) is 9.21. The molecule has 86 valence electrons. The van der Waals surface area contributed by atoms with Gasteiger partial charge in [0.25, 0.3) is 0 Å². The molecule has 1 aliphatic rings. The van der Waals surface area contributed by atoms with Crippen molar-refractivity contribution in [3.63, 3.8) is 0 Å². The van der Waals surface area contributed by atoms with Gasteiger partial charge in [-0.3, -0.25) is 9.59 Å². The minimum atomic E-state index is -0.495. The van der Waals surface area contributed by atoms with Gasteiger partial charge in [0.05, 0.1) is 7.11 Å². The van der Waals surface area contributed by atoms with Crippen molar-refractivity contribution in [2.45, 2.75) is 13.3 Å². The third-order valence-electron chi connectivity index (χ3n) is 2.77. The van der Waals surface area contributed by atoms with E-state index in [-0.39, 0.29) is 12.3 Å². The Hall–Kier alpha value is -1.10. The van der Waals surface area contributed by atoms with E-state index in [4.69, 9.17) is 0 Å². The van der Waals surface area contributed by atoms with Gasteiger partial charge in [0.15, 0.2) is 0 Å². The smallest absolute Gasteiger partial charge is 0.315 e. The minimum Gasteiger partial charge on any atom is -0.469 e. The highest BCUT2D eigenvalue weighted by molar-refractivity contribution is 5.94. The Bertz CT molecular complexity index is 243. The van der Waals surface area contributed by atoms with E-state index < -0.39 is 5.97 Å². The van der Waals surface area contributed by atoms with Crippen LogP contribution in [0, 0.1) is 11.8 Å². The highest BCUT2D eigenvalue weighted by Crippen LogP contribution is 2.14. The number of nitrogens with one attached hydrogen (secondary N) is 2. The molecule has 2 N–H and O–H groups in total. The number of ether oxygens (including phenoxy) is 1. The average Bonchev–Trinajstić information content (AvgIpc) is 2.61. The summed E-state index contributed by atoms with van der Waals surface area (Å²) in [5.41, 5.74) is 0. The van der Waals surface area contributed by atoms with Gasteiger partial charge in [-0.2, -0.15) is 0 Å². The Labute approximate surface area is 89.6 Å². The van der Waals surface area contributed by atoms with Gasteiger partial charge in [0.2, 0.25) is 5.91 Å². The van der Waals surface area contributed by atoms with Crippen molar-refractivity contribution in [1.82, 2.24) is 10.6 Å². The lowest BCUT2D eigenvalue weighted by atomic mass is 9.98. The van der Waals surface area contributed by atoms with E-state index in [0.717, 1.165) is 13.1 Å². The van der Waals surface area contributed by atoms with E-state index >= 15 is 0 Å². The lowest BCUT2D eigenvalue weighted by Gasteiger charge is -2.14. The Kier molecular flexibility index (Phi) is 4.55. The lowest BCUT2D eigenvalue weighted by Crippen LogP contribution is -2.33. The van der Waals surface area contributed by atoms with Gasteiger partial charge in [-0.05, 0) is 24.9 Å². The van der Waals surface area contributed by atoms with Crippen LogP contribution in [0.5, 0.6) is 0 Å². The number of hydrogen-bond donors (Lipinski definition) is 2. The quantitative estimate of drug-likeness (QED) is 0.490. The summed E-state index contributed by atoms with van der Waals surface area (Å²) in [6, 6.07) is 0. The molecule has 0 unspecified atom stereocenters. The predicted octanol–water partition coefficient (Wildman–Crippen LogP) is -0.479. The first-order valence-corrected chi connectivity index (χ1v) is 5.17. The molecule has 15 heavy (non-hydrogen) atoms. The summed E-state index contributed by atoms with van der Waals surface area (Å²) >= 11 is 0. The highest BCUT2D eigenvalue weighted by Gasteiger charge is 2.23. The molecule has 1 rings (SSSR count). The summed E-state index contributed by atoms with van der Waals surface area (Å²) in [6.07, 6.45) is -0.189. The van der Waals surface area contributed by atoms with Crippen molar-refractivity contribution in [1.29, 1.82) is 0 Å². The van der Waals surface area contributed by atoms with Crippen LogP contribution in [0.15, 0.2) is 0 Å². The van der Waals surface area contributed by atoms with E-state index in [9.17, 15) is 9.59 Å². The number of esters is 1. The number of methoxy groups -OCH3 is 1. The first-order chi connectivity index (χ1) is 7.13. The molecule has 1 heterocycles. The molecule has 0 aromatic heterocycles. The van der Waals surface area contributed by atoms with Gasteiger partial charge in [0.1, 0.15) is 6.42 Å². The van der Waals surface area contributed by atoms with E-state index in [1.165, 1.54) is 7.11 Å². The molecule has 5 nitrogen and oxygen atoms in total. The van der Waals surface area contributed by atoms with Crippen molar-refractivity contribution in [2.75, 3.05) is 26.7 Å². The Morgan fingerprint density at radius 3 is 2.73 bits per heavy atom. The van der Waals surface area contributed by atoms with Gasteiger partial charge in [-0.1, -0.05) is 6.92 Å². The van der Waals surface area contributed by atoms with Crippen LogP contribution in [0.25, 0.3) is 0 Å². The SMILES string of the molecule is COC(=O)CC(=O)NC[C@@H]1CNC[C@H]1C. The molecule has 0 radical (unpaired) electrons. The number of carbonyl (C=O) groups is 2. The molecular weight excluding hydrogens is 196 g/mol. The van der Waals surface area contributed by atoms with E-state index in [0.29, 0.717) is 18.4 Å². The van der Waals surface area contributed by atoms with Gasteiger partial charge >= 0.3 is 5.97 Å². The second-order valence-corrected chi connectivity index (χ2v) is 3.95. The zero-order valence-electron chi connectivity index (χ0n) is 9.21. The minimum absolute atomic E-state index is 0.189. The molecule has 0 aliphatic carbocycles. The molecule has 1 saturated heterocycles. The number of carbonyl (C=O) groups excluding carboxylic acids is 2. The standard InChI is InChI=1S/C10H18N2O3/c1-7-4-11-5-8(7)6-12-9(13)3-10(14)15-2/h7-8,11H,3-6H2,1-2H3,(H,12,13)/t7-,8+/m1/s1. The van der Waals surface area contributed by atoms with Crippen molar-refractivity contribution in [2.24, 2.45) is 11.8 Å². The maximum atomic E-state index is 11.2. The molecular formula is C10H18N2O3. The number of hydrogen-bond acceptors (Lipinski definition) is 4. The van der Waals surface area contributed by atoms with Crippen LogP contribution in [0.1, 0.15) is 13.3 Å². The first-order valence-electron chi connectivity index (χ1n) is 5.17. The van der Waals surface area contributed by atoms with Crippen molar-refractivity contribution in [3.8, 4) is 0 Å². The summed E-state index contributed by atoms with van der Waals surface area (Å²) in [6.45, 7) is 4.71. The van der Waals surface area contributed by atoms with Crippen LogP contribution in [-0.4, -0.2) is 38.6 Å². The fourth-order valence-corrected chi connectivity index (χ4v) is 1.65. The third-order valence-corrected chi connectivity index (χ3v) is 2.77. The Morgan fingerprint density at radius 2 is 2.20 bits per heavy atom. The van der Waals surface area contributed by atoms with Crippen LogP contribution in [0.3, 0.4) is 0 Å². The van der Waals surface area contributed by atoms with Crippen LogP contribution in [0.4, 0.5) is 0 Å². The fourth-order valence-electron chi connectivity index (χ4n) is 1.65. The fraction of sp³-hybridized carbons (Fsp3) is 0.800. The summed E-state index contributed by atoms with van der Waals surface area (Å²) in [5, 5.41) is 6.00. The van der Waals surface area contributed by atoms with Crippen LogP contribution >= 0.6 is 0 Å². The second-order valence-electron chi connectivity index (χ2n) is 3.95. The normalized spacial score (nSPS) is 24.9. The van der Waals surface area contributed by atoms with Crippen LogP contribution in [-0.2, 0) is 14.3 Å². The molecule has 1 amide bonds. The predicted molar refractivity (Wildman–Crippen MR) is 55.2 cm³/mol. The molecule has 0 aromatic carbocycles. The van der Waals surface area contributed by atoms with Crippen LogP contribution in [0.2, 0.25) is 0 Å². The average molecular weight is 214 g/mol. The molecule has 2 atom stereocenters. The maximum absolute atomic E-state index is 11.2. The van der Waals surface area contributed by atoms with Crippen LogP contribution < -0.4 is 10.6 Å². The molecule has 5 heteroatoms. The van der Waals surface area contributed by atoms with Gasteiger partial charge in [-0.25, -0.2) is 0 Å². The molecule has 0 bridgehead atoms. The Balaban J connectivity index is 2.19. The topological polar surface area (TPSA) is 67.4 Å². The van der Waals surface area contributed by atoms with E-state index in [1.54, 1.807) is 0 Å². The summed E-state index contributed by atoms with van der Waals surface area (Å²) in [5.74, 6) is 0.279. The first kappa shape index (κ1) is 12.0. The molecule has 0 spiro atoms. The van der Waals surface area contributed by atoms with E-state index in [2.05, 4.69) is 22.3 Å². The second kappa shape index (κ2) is 5.70. The lowest BCUT2D eigenvalue weighted by molar-refractivity contribution is -0.143. The van der Waals surface area contributed by atoms with Gasteiger partial charge in [0, 0.05) is 6.54 Å². The molecule has 0 aromatic rings. The molecule has 1 aliphatic heterocycles. The van der Waals surface area contributed by atoms with Gasteiger partial charge < -0.3 is 15.4 Å². The largest absolute Gasteiger partial charge is 0.469 e.